The highest BCUT2D eigenvalue weighted by atomic mass is 19.4. The Balaban J connectivity index is 2.92. The molecule has 0 heterocycles. The van der Waals surface area contributed by atoms with Gasteiger partial charge in [-0.15, -0.1) is 0 Å². The van der Waals surface area contributed by atoms with Gasteiger partial charge < -0.3 is 9.47 Å². The Hall–Kier alpha value is -2.75. The summed E-state index contributed by atoms with van der Waals surface area (Å²) < 4.78 is 188. The summed E-state index contributed by atoms with van der Waals surface area (Å²) in [4.78, 5) is 24.7. The molecule has 0 unspecified atom stereocenters. The molecule has 0 N–H and O–H groups in total. The van der Waals surface area contributed by atoms with Gasteiger partial charge in [-0.1, -0.05) is 0 Å². The highest BCUT2D eigenvalue weighted by molar-refractivity contribution is 5.98. The van der Waals surface area contributed by atoms with Crippen LogP contribution in [0.4, 0.5) is 57.1 Å². The molecule has 0 fully saturated rings. The van der Waals surface area contributed by atoms with Crippen LogP contribution in [0.15, 0.2) is 6.07 Å². The van der Waals surface area contributed by atoms with Crippen molar-refractivity contribution >= 4 is 11.9 Å². The molecule has 0 bridgehead atoms. The van der Waals surface area contributed by atoms with Crippen molar-refractivity contribution < 1.29 is 76.1 Å². The van der Waals surface area contributed by atoms with Gasteiger partial charge in [-0.3, -0.25) is 0 Å². The second-order valence-corrected chi connectivity index (χ2v) is 7.97. The van der Waals surface area contributed by atoms with Crippen LogP contribution in [-0.2, 0) is 28.2 Å². The Bertz CT molecular complexity index is 1090. The minimum absolute atomic E-state index is 0.00834. The van der Waals surface area contributed by atoms with Gasteiger partial charge in [0.2, 0.25) is 0 Å². The fourth-order valence-corrected chi connectivity index (χ4v) is 3.80. The zero-order valence-corrected chi connectivity index (χ0v) is 19.2. The minimum atomic E-state index is -8.12. The maximum atomic E-state index is 15.2. The molecule has 0 aromatic heterocycles. The Morgan fingerprint density at radius 3 is 1.61 bits per heavy atom. The third-order valence-electron chi connectivity index (χ3n) is 5.65. The highest BCUT2D eigenvalue weighted by Crippen LogP contribution is 2.62. The molecule has 0 saturated carbocycles. The number of halogens is 13. The number of benzene rings is 1. The molecule has 0 aliphatic heterocycles. The molecular weight excluding hydrogens is 563 g/mol. The molecule has 216 valence electrons. The van der Waals surface area contributed by atoms with Crippen molar-refractivity contribution in [2.45, 2.75) is 68.9 Å². The van der Waals surface area contributed by atoms with Crippen molar-refractivity contribution in [3.8, 4) is 0 Å². The average molecular weight is 580 g/mol. The average Bonchev–Trinajstić information content (AvgIpc) is 3.26. The quantitative estimate of drug-likeness (QED) is 0.240. The maximum Gasteiger partial charge on any atom is 0.460 e. The monoisotopic (exact) mass is 580 g/mol. The lowest BCUT2D eigenvalue weighted by atomic mass is 9.84. The fourth-order valence-electron chi connectivity index (χ4n) is 3.80. The molecule has 2 rings (SSSR count). The van der Waals surface area contributed by atoms with E-state index in [9.17, 15) is 57.9 Å². The van der Waals surface area contributed by atoms with Crippen LogP contribution < -0.4 is 0 Å². The van der Waals surface area contributed by atoms with E-state index in [2.05, 4.69) is 9.47 Å². The van der Waals surface area contributed by atoms with Crippen molar-refractivity contribution in [1.29, 1.82) is 0 Å². The molecule has 17 heteroatoms. The van der Waals surface area contributed by atoms with Gasteiger partial charge in [0.05, 0.1) is 24.3 Å². The normalized spacial score (nSPS) is 15.3. The summed E-state index contributed by atoms with van der Waals surface area (Å²) in [5, 5.41) is 0. The summed E-state index contributed by atoms with van der Waals surface area (Å²) >= 11 is 0. The topological polar surface area (TPSA) is 52.6 Å². The summed E-state index contributed by atoms with van der Waals surface area (Å²) in [6, 6.07) is -0.252. The Morgan fingerprint density at radius 1 is 0.684 bits per heavy atom. The summed E-state index contributed by atoms with van der Waals surface area (Å²) in [6.07, 6.45) is -8.13. The lowest BCUT2D eigenvalue weighted by molar-refractivity contribution is -0.441. The van der Waals surface area contributed by atoms with E-state index in [-0.39, 0.29) is 24.5 Å². The van der Waals surface area contributed by atoms with Crippen LogP contribution in [0.25, 0.3) is 0 Å². The molecule has 0 spiro atoms. The number of rotatable bonds is 9. The third-order valence-corrected chi connectivity index (χ3v) is 5.65. The summed E-state index contributed by atoms with van der Waals surface area (Å²) in [7, 11) is 0. The van der Waals surface area contributed by atoms with Gasteiger partial charge in [-0.2, -0.15) is 57.1 Å². The first-order chi connectivity index (χ1) is 17.1. The molecule has 1 aliphatic rings. The first kappa shape index (κ1) is 31.5. The lowest BCUT2D eigenvalue weighted by Crippen LogP contribution is -2.69. The van der Waals surface area contributed by atoms with Crippen LogP contribution in [0.2, 0.25) is 0 Å². The molecule has 4 nitrogen and oxygen atoms in total. The second kappa shape index (κ2) is 9.77. The predicted molar refractivity (Wildman–Crippen MR) is 100 cm³/mol. The van der Waals surface area contributed by atoms with Crippen molar-refractivity contribution in [2.24, 2.45) is 0 Å². The zero-order chi connectivity index (χ0) is 29.7. The second-order valence-electron chi connectivity index (χ2n) is 7.97. The van der Waals surface area contributed by atoms with Crippen molar-refractivity contribution in [3.63, 3.8) is 0 Å². The van der Waals surface area contributed by atoms with Crippen molar-refractivity contribution in [2.75, 3.05) is 13.2 Å². The zero-order valence-electron chi connectivity index (χ0n) is 19.2. The minimum Gasteiger partial charge on any atom is -0.462 e. The molecule has 0 radical (unpaired) electrons. The first-order valence-electron chi connectivity index (χ1n) is 10.5. The van der Waals surface area contributed by atoms with Gasteiger partial charge in [0, 0.05) is 5.56 Å². The largest absolute Gasteiger partial charge is 0.462 e. The number of alkyl halides is 13. The predicted octanol–water partition coefficient (Wildman–Crippen LogP) is 6.72. The first-order valence-corrected chi connectivity index (χ1v) is 10.5. The van der Waals surface area contributed by atoms with Gasteiger partial charge in [0.25, 0.3) is 0 Å². The van der Waals surface area contributed by atoms with Crippen LogP contribution in [0.5, 0.6) is 0 Å². The lowest BCUT2D eigenvalue weighted by Gasteiger charge is -2.40. The number of hydrogen-bond acceptors (Lipinski definition) is 4. The van der Waals surface area contributed by atoms with Crippen LogP contribution in [-0.4, -0.2) is 55.0 Å². The summed E-state index contributed by atoms with van der Waals surface area (Å²) in [5.41, 5.74) is -5.88. The summed E-state index contributed by atoms with van der Waals surface area (Å²) in [5.74, 6) is -41.9. The SMILES string of the molecule is CCOC(=O)c1cc(C(F)(F)C(F)(F)C(F)(F)C(F)(F)C(F)(F)C(F)(F)F)c(C(=O)OCC)c2c1CCC2. The standard InChI is InChI=1S/C21H17F13O4/c1-3-37-14(35)11-8-12(13(15(36)38-4-2)10-7-5-6-9(10)11)16(22,23)17(24,25)18(26,27)19(28,29)20(30,31)21(32,33)34/h8H,3-7H2,1-2H3. The van der Waals surface area contributed by atoms with E-state index in [1.807, 2.05) is 0 Å². The smallest absolute Gasteiger partial charge is 0.460 e. The van der Waals surface area contributed by atoms with Gasteiger partial charge in [0.1, 0.15) is 0 Å². The number of hydrogen-bond donors (Lipinski definition) is 0. The molecule has 0 atom stereocenters. The van der Waals surface area contributed by atoms with E-state index in [1.54, 1.807) is 0 Å². The van der Waals surface area contributed by atoms with E-state index in [0.29, 0.717) is 0 Å². The molecule has 1 aliphatic carbocycles. The fraction of sp³-hybridized carbons (Fsp3) is 0.619. The molecule has 38 heavy (non-hydrogen) atoms. The van der Waals surface area contributed by atoms with E-state index < -0.39 is 89.6 Å². The number of carbonyl (C=O) groups is 2. The van der Waals surface area contributed by atoms with Crippen LogP contribution in [0.3, 0.4) is 0 Å². The highest BCUT2D eigenvalue weighted by Gasteiger charge is 2.91. The van der Waals surface area contributed by atoms with Gasteiger partial charge in [0.15, 0.2) is 0 Å². The Morgan fingerprint density at radius 2 is 1.13 bits per heavy atom. The van der Waals surface area contributed by atoms with Crippen LogP contribution >= 0.6 is 0 Å². The molecule has 0 saturated heterocycles. The number of ether oxygens (including phenoxy) is 2. The van der Waals surface area contributed by atoms with E-state index in [1.165, 1.54) is 6.92 Å². The number of esters is 2. The van der Waals surface area contributed by atoms with Gasteiger partial charge in [-0.25, -0.2) is 9.59 Å². The van der Waals surface area contributed by atoms with Crippen molar-refractivity contribution in [1.82, 2.24) is 0 Å². The van der Waals surface area contributed by atoms with E-state index in [0.717, 1.165) is 6.92 Å². The van der Waals surface area contributed by atoms with E-state index in [4.69, 9.17) is 0 Å². The third kappa shape index (κ3) is 4.44. The molecule has 1 aromatic carbocycles. The van der Waals surface area contributed by atoms with Crippen molar-refractivity contribution in [3.05, 3.63) is 33.9 Å². The Kier molecular flexibility index (Phi) is 8.09. The number of fused-ring (bicyclic) bond motifs is 1. The van der Waals surface area contributed by atoms with Gasteiger partial charge in [-0.05, 0) is 50.3 Å². The molecule has 1 aromatic rings. The number of carbonyl (C=O) groups excluding carboxylic acids is 2. The molecular formula is C21H17F13O4. The van der Waals surface area contributed by atoms with E-state index >= 15 is 8.78 Å². The molecule has 0 amide bonds. The van der Waals surface area contributed by atoms with Crippen LogP contribution in [0, 0.1) is 0 Å². The van der Waals surface area contributed by atoms with Gasteiger partial charge >= 0.3 is 47.7 Å². The summed E-state index contributed by atoms with van der Waals surface area (Å²) in [6.45, 7) is 1.29. The van der Waals surface area contributed by atoms with Crippen LogP contribution in [0.1, 0.15) is 57.7 Å². The Labute approximate surface area is 205 Å². The maximum absolute atomic E-state index is 15.2.